The summed E-state index contributed by atoms with van der Waals surface area (Å²) in [5, 5.41) is 59.6. The highest BCUT2D eigenvalue weighted by molar-refractivity contribution is 5.86. The first-order valence-electron chi connectivity index (χ1n) is 9.88. The van der Waals surface area contributed by atoms with Crippen molar-refractivity contribution in [2.45, 2.75) is 30.7 Å². The SMILES string of the molecule is COC(=O)[C@@H]1O[C@H](Oc2cc(O)c3c(=O)cc(-c4ccc(O)c(O)c4)oc3c2)[C@H](O)[C@@H](O)[C@@H]1O. The van der Waals surface area contributed by atoms with E-state index in [9.17, 15) is 40.2 Å². The van der Waals surface area contributed by atoms with Crippen molar-refractivity contribution in [3.63, 3.8) is 0 Å². The van der Waals surface area contributed by atoms with Gasteiger partial charge in [-0.3, -0.25) is 4.79 Å². The Morgan fingerprint density at radius 2 is 1.65 bits per heavy atom. The Morgan fingerprint density at radius 3 is 2.32 bits per heavy atom. The third-order valence-corrected chi connectivity index (χ3v) is 5.30. The lowest BCUT2D eigenvalue weighted by Crippen LogP contribution is -2.61. The van der Waals surface area contributed by atoms with Gasteiger partial charge in [0.1, 0.15) is 46.5 Å². The van der Waals surface area contributed by atoms with Crippen molar-refractivity contribution in [3.05, 3.63) is 46.6 Å². The highest BCUT2D eigenvalue weighted by Gasteiger charge is 2.48. The van der Waals surface area contributed by atoms with Crippen LogP contribution in [0.1, 0.15) is 0 Å². The van der Waals surface area contributed by atoms with E-state index in [-0.39, 0.29) is 33.8 Å². The number of aromatic hydroxyl groups is 3. The van der Waals surface area contributed by atoms with Gasteiger partial charge in [0.15, 0.2) is 23.0 Å². The molecule has 2 heterocycles. The molecule has 0 amide bonds. The number of aliphatic hydroxyl groups excluding tert-OH is 3. The molecule has 6 N–H and O–H groups in total. The number of benzene rings is 2. The number of hydrogen-bond acceptors (Lipinski definition) is 12. The highest BCUT2D eigenvalue weighted by atomic mass is 16.7. The minimum absolute atomic E-state index is 0.00241. The lowest BCUT2D eigenvalue weighted by molar-refractivity contribution is -0.271. The second kappa shape index (κ2) is 8.83. The summed E-state index contributed by atoms with van der Waals surface area (Å²) in [6, 6.07) is 7.08. The number of aliphatic hydroxyl groups is 3. The lowest BCUT2D eigenvalue weighted by atomic mass is 9.99. The van der Waals surface area contributed by atoms with Crippen LogP contribution in [0.2, 0.25) is 0 Å². The fourth-order valence-electron chi connectivity index (χ4n) is 3.52. The molecule has 3 aromatic rings. The molecule has 0 aliphatic carbocycles. The first-order chi connectivity index (χ1) is 16.1. The quantitative estimate of drug-likeness (QED) is 0.217. The van der Waals surface area contributed by atoms with Crippen LogP contribution in [-0.4, -0.2) is 74.4 Å². The molecular weight excluding hydrogens is 456 g/mol. The summed E-state index contributed by atoms with van der Waals surface area (Å²) < 4.78 is 20.9. The number of ether oxygens (including phenoxy) is 3. The van der Waals surface area contributed by atoms with Gasteiger partial charge in [-0.05, 0) is 18.2 Å². The van der Waals surface area contributed by atoms with Gasteiger partial charge in [-0.15, -0.1) is 0 Å². The molecule has 1 aliphatic heterocycles. The van der Waals surface area contributed by atoms with Crippen molar-refractivity contribution >= 4 is 16.9 Å². The molecule has 0 bridgehead atoms. The van der Waals surface area contributed by atoms with Gasteiger partial charge in [0.2, 0.25) is 6.29 Å². The molecule has 34 heavy (non-hydrogen) atoms. The third kappa shape index (κ3) is 4.10. The van der Waals surface area contributed by atoms with Crippen molar-refractivity contribution in [1.82, 2.24) is 0 Å². The number of carbonyl (C=O) groups is 1. The minimum Gasteiger partial charge on any atom is -0.507 e. The Kier molecular flexibility index (Phi) is 6.06. The zero-order valence-corrected chi connectivity index (χ0v) is 17.5. The predicted octanol–water partition coefficient (Wildman–Crippen LogP) is -0.0638. The van der Waals surface area contributed by atoms with Gasteiger partial charge >= 0.3 is 5.97 Å². The normalized spacial score (nSPS) is 24.6. The summed E-state index contributed by atoms with van der Waals surface area (Å²) in [5.74, 6) is -2.52. The van der Waals surface area contributed by atoms with Gasteiger partial charge in [-0.25, -0.2) is 4.79 Å². The maximum Gasteiger partial charge on any atom is 0.337 e. The summed E-state index contributed by atoms with van der Waals surface area (Å²) in [4.78, 5) is 24.4. The zero-order valence-electron chi connectivity index (χ0n) is 17.5. The number of hydrogen-bond donors (Lipinski definition) is 6. The molecule has 0 radical (unpaired) electrons. The second-order valence-corrected chi connectivity index (χ2v) is 7.53. The van der Waals surface area contributed by atoms with Crippen molar-refractivity contribution in [1.29, 1.82) is 0 Å². The van der Waals surface area contributed by atoms with E-state index in [4.69, 9.17) is 13.9 Å². The van der Waals surface area contributed by atoms with Crippen LogP contribution in [0.4, 0.5) is 0 Å². The van der Waals surface area contributed by atoms with Gasteiger partial charge in [-0.1, -0.05) is 0 Å². The van der Waals surface area contributed by atoms with E-state index in [1.165, 1.54) is 24.3 Å². The molecule has 1 fully saturated rings. The summed E-state index contributed by atoms with van der Waals surface area (Å²) in [7, 11) is 1.04. The lowest BCUT2D eigenvalue weighted by Gasteiger charge is -2.38. The van der Waals surface area contributed by atoms with Crippen molar-refractivity contribution in [2.24, 2.45) is 0 Å². The number of fused-ring (bicyclic) bond motifs is 1. The van der Waals surface area contributed by atoms with E-state index in [0.29, 0.717) is 0 Å². The standard InChI is InChI=1S/C22H20O12/c1-31-21(30)20-18(28)17(27)19(29)22(34-20)32-9-5-12(25)16-13(26)7-14(33-15(16)6-9)8-2-3-10(23)11(24)4-8/h2-7,17-20,22-25,27-29H,1H3/t17-,18-,19+,20+,22-/m0/s1. The Balaban J connectivity index is 1.71. The average Bonchev–Trinajstić information content (AvgIpc) is 2.80. The van der Waals surface area contributed by atoms with E-state index < -0.39 is 53.6 Å². The van der Waals surface area contributed by atoms with Crippen molar-refractivity contribution in [3.8, 4) is 34.3 Å². The predicted molar refractivity (Wildman–Crippen MR) is 112 cm³/mol. The number of rotatable bonds is 4. The van der Waals surface area contributed by atoms with E-state index in [1.807, 2.05) is 0 Å². The number of phenolic OH excluding ortho intramolecular Hbond substituents is 3. The molecule has 0 saturated carbocycles. The summed E-state index contributed by atoms with van der Waals surface area (Å²) in [6.45, 7) is 0. The second-order valence-electron chi connectivity index (χ2n) is 7.53. The molecule has 2 aromatic carbocycles. The van der Waals surface area contributed by atoms with Crippen LogP contribution in [0.3, 0.4) is 0 Å². The Bertz CT molecular complexity index is 1300. The van der Waals surface area contributed by atoms with E-state index in [2.05, 4.69) is 4.74 Å². The van der Waals surface area contributed by atoms with Gasteiger partial charge in [0.05, 0.1) is 7.11 Å². The Labute approximate surface area is 190 Å². The van der Waals surface area contributed by atoms with Gasteiger partial charge in [0.25, 0.3) is 0 Å². The van der Waals surface area contributed by atoms with E-state index in [0.717, 1.165) is 19.2 Å². The Hall–Kier alpha value is -3.84. The van der Waals surface area contributed by atoms with Crippen LogP contribution >= 0.6 is 0 Å². The summed E-state index contributed by atoms with van der Waals surface area (Å²) in [6.07, 6.45) is -8.71. The fourth-order valence-corrected chi connectivity index (χ4v) is 3.52. The molecule has 5 atom stereocenters. The molecule has 12 nitrogen and oxygen atoms in total. The van der Waals surface area contributed by atoms with Crippen molar-refractivity contribution < 1.29 is 54.1 Å². The first-order valence-corrected chi connectivity index (χ1v) is 9.88. The van der Waals surface area contributed by atoms with Gasteiger partial charge in [0, 0.05) is 23.8 Å². The van der Waals surface area contributed by atoms with Crippen LogP contribution in [-0.2, 0) is 14.3 Å². The third-order valence-electron chi connectivity index (χ3n) is 5.30. The van der Waals surface area contributed by atoms with Crippen LogP contribution in [0.25, 0.3) is 22.3 Å². The minimum atomic E-state index is -1.82. The van der Waals surface area contributed by atoms with E-state index in [1.54, 1.807) is 0 Å². The molecule has 4 rings (SSSR count). The monoisotopic (exact) mass is 476 g/mol. The average molecular weight is 476 g/mol. The molecule has 0 spiro atoms. The number of carbonyl (C=O) groups excluding carboxylic acids is 1. The molecule has 180 valence electrons. The van der Waals surface area contributed by atoms with E-state index >= 15 is 0 Å². The van der Waals surface area contributed by atoms with Gasteiger partial charge in [-0.2, -0.15) is 0 Å². The molecule has 1 saturated heterocycles. The molecule has 0 unspecified atom stereocenters. The topological polar surface area (TPSA) is 196 Å². The number of esters is 1. The maximum absolute atomic E-state index is 12.6. The van der Waals surface area contributed by atoms with Crippen LogP contribution < -0.4 is 10.2 Å². The Morgan fingerprint density at radius 1 is 0.912 bits per heavy atom. The summed E-state index contributed by atoms with van der Waals surface area (Å²) >= 11 is 0. The molecular formula is C22H20O12. The van der Waals surface area contributed by atoms with Crippen LogP contribution in [0.15, 0.2) is 45.6 Å². The first kappa shape index (κ1) is 23.3. The zero-order chi connectivity index (χ0) is 24.7. The van der Waals surface area contributed by atoms with Gasteiger partial charge < -0.3 is 49.3 Å². The van der Waals surface area contributed by atoms with Crippen molar-refractivity contribution in [2.75, 3.05) is 7.11 Å². The van der Waals surface area contributed by atoms with Crippen LogP contribution in [0, 0.1) is 0 Å². The molecule has 12 heteroatoms. The number of methoxy groups -OCH3 is 1. The largest absolute Gasteiger partial charge is 0.507 e. The maximum atomic E-state index is 12.6. The highest BCUT2D eigenvalue weighted by Crippen LogP contribution is 2.35. The van der Waals surface area contributed by atoms with Crippen LogP contribution in [0.5, 0.6) is 23.0 Å². The summed E-state index contributed by atoms with van der Waals surface area (Å²) in [5.41, 5.74) is -0.504. The number of phenols is 3. The molecule has 1 aliphatic rings. The molecule has 1 aromatic heterocycles. The smallest absolute Gasteiger partial charge is 0.337 e. The fraction of sp³-hybridized carbons (Fsp3) is 0.273.